The Kier molecular flexibility index (Phi) is 3.84. The molecule has 1 aromatic heterocycles. The highest BCUT2D eigenvalue weighted by Gasteiger charge is 2.41. The zero-order valence-corrected chi connectivity index (χ0v) is 11.0. The number of amides is 1. The molecule has 0 saturated carbocycles. The molecule has 2 heterocycles. The molecule has 1 fully saturated rings. The number of aryl methyl sites for hydroxylation is 1. The highest BCUT2D eigenvalue weighted by atomic mass is 32.1. The van der Waals surface area contributed by atoms with Crippen LogP contribution in [0.15, 0.2) is 17.5 Å². The van der Waals surface area contributed by atoms with E-state index in [1.54, 1.807) is 16.2 Å². The second kappa shape index (κ2) is 5.19. The van der Waals surface area contributed by atoms with Crippen molar-refractivity contribution in [1.29, 1.82) is 0 Å². The van der Waals surface area contributed by atoms with Crippen molar-refractivity contribution < 1.29 is 9.90 Å². The van der Waals surface area contributed by atoms with Crippen LogP contribution in [0.4, 0.5) is 0 Å². The number of hydrogen-bond acceptors (Lipinski definition) is 3. The minimum absolute atomic E-state index is 0.180. The summed E-state index contributed by atoms with van der Waals surface area (Å²) in [4.78, 5) is 14.9. The monoisotopic (exact) mass is 253 g/mol. The molecule has 4 heteroatoms. The standard InChI is InChI=1S/C13H19NO2S/c1-2-13(16)9-14(10-13)12(15)7-3-5-11-6-4-8-17-11/h4,6,8,16H,2-3,5,7,9-10H2,1H3. The molecule has 1 N–H and O–H groups in total. The number of carbonyl (C=O) groups excluding carboxylic acids is 1. The lowest BCUT2D eigenvalue weighted by Crippen LogP contribution is -2.63. The van der Waals surface area contributed by atoms with Crippen LogP contribution in [-0.4, -0.2) is 34.6 Å². The van der Waals surface area contributed by atoms with Crippen LogP contribution in [0.2, 0.25) is 0 Å². The third kappa shape index (κ3) is 3.07. The van der Waals surface area contributed by atoms with Crippen LogP contribution >= 0.6 is 11.3 Å². The van der Waals surface area contributed by atoms with Crippen LogP contribution in [0.1, 0.15) is 31.1 Å². The molecule has 0 aliphatic carbocycles. The maximum atomic E-state index is 11.8. The van der Waals surface area contributed by atoms with Crippen LogP contribution in [0.3, 0.4) is 0 Å². The van der Waals surface area contributed by atoms with Crippen molar-refractivity contribution in [2.75, 3.05) is 13.1 Å². The Balaban J connectivity index is 1.66. The van der Waals surface area contributed by atoms with Crippen LogP contribution in [-0.2, 0) is 11.2 Å². The summed E-state index contributed by atoms with van der Waals surface area (Å²) in [6.45, 7) is 2.99. The molecule has 17 heavy (non-hydrogen) atoms. The first-order valence-electron chi connectivity index (χ1n) is 6.15. The average molecular weight is 253 g/mol. The summed E-state index contributed by atoms with van der Waals surface area (Å²) in [5.74, 6) is 0.180. The maximum Gasteiger partial charge on any atom is 0.222 e. The molecule has 0 unspecified atom stereocenters. The number of thiophene rings is 1. The van der Waals surface area contributed by atoms with E-state index >= 15 is 0 Å². The minimum atomic E-state index is -0.608. The van der Waals surface area contributed by atoms with E-state index in [0.29, 0.717) is 19.5 Å². The van der Waals surface area contributed by atoms with Gasteiger partial charge in [-0.2, -0.15) is 0 Å². The van der Waals surface area contributed by atoms with Gasteiger partial charge >= 0.3 is 0 Å². The summed E-state index contributed by atoms with van der Waals surface area (Å²) in [6.07, 6.45) is 3.21. The van der Waals surface area contributed by atoms with E-state index in [0.717, 1.165) is 19.3 Å². The number of hydrogen-bond donors (Lipinski definition) is 1. The lowest BCUT2D eigenvalue weighted by molar-refractivity contribution is -0.155. The molecule has 1 aliphatic heterocycles. The van der Waals surface area contributed by atoms with Crippen LogP contribution < -0.4 is 0 Å². The predicted octanol–water partition coefficient (Wildman–Crippen LogP) is 2.05. The smallest absolute Gasteiger partial charge is 0.222 e. The van der Waals surface area contributed by atoms with Crippen molar-refractivity contribution in [1.82, 2.24) is 4.90 Å². The molecule has 1 aromatic rings. The third-order valence-electron chi connectivity index (χ3n) is 3.38. The molecular formula is C13H19NO2S. The van der Waals surface area contributed by atoms with Gasteiger partial charge in [-0.1, -0.05) is 13.0 Å². The fourth-order valence-corrected chi connectivity index (χ4v) is 2.84. The van der Waals surface area contributed by atoms with E-state index in [4.69, 9.17) is 0 Å². The number of rotatable bonds is 5. The second-order valence-corrected chi connectivity index (χ2v) is 5.79. The van der Waals surface area contributed by atoms with Crippen molar-refractivity contribution in [3.05, 3.63) is 22.4 Å². The molecule has 3 nitrogen and oxygen atoms in total. The largest absolute Gasteiger partial charge is 0.386 e. The van der Waals surface area contributed by atoms with Crippen molar-refractivity contribution in [2.24, 2.45) is 0 Å². The summed E-state index contributed by atoms with van der Waals surface area (Å²) < 4.78 is 0. The quantitative estimate of drug-likeness (QED) is 0.872. The number of aliphatic hydroxyl groups is 1. The molecule has 0 atom stereocenters. The summed E-state index contributed by atoms with van der Waals surface area (Å²) in [7, 11) is 0. The van der Waals surface area contributed by atoms with Crippen LogP contribution in [0.25, 0.3) is 0 Å². The molecule has 1 aliphatic rings. The van der Waals surface area contributed by atoms with E-state index in [1.807, 2.05) is 13.0 Å². The number of carbonyl (C=O) groups is 1. The highest BCUT2D eigenvalue weighted by molar-refractivity contribution is 7.09. The topological polar surface area (TPSA) is 40.5 Å². The molecular weight excluding hydrogens is 234 g/mol. The Labute approximate surface area is 106 Å². The molecule has 0 radical (unpaired) electrons. The van der Waals surface area contributed by atoms with Gasteiger partial charge in [-0.25, -0.2) is 0 Å². The number of nitrogens with zero attached hydrogens (tertiary/aromatic N) is 1. The molecule has 0 bridgehead atoms. The number of likely N-dealkylation sites (tertiary alicyclic amines) is 1. The minimum Gasteiger partial charge on any atom is -0.386 e. The Morgan fingerprint density at radius 1 is 1.59 bits per heavy atom. The fraction of sp³-hybridized carbons (Fsp3) is 0.615. The van der Waals surface area contributed by atoms with Gasteiger partial charge in [0.15, 0.2) is 0 Å². The first-order chi connectivity index (χ1) is 8.13. The molecule has 94 valence electrons. The molecule has 0 spiro atoms. The van der Waals surface area contributed by atoms with E-state index in [9.17, 15) is 9.90 Å². The van der Waals surface area contributed by atoms with Gasteiger partial charge in [0.2, 0.25) is 5.91 Å². The molecule has 1 amide bonds. The van der Waals surface area contributed by atoms with Gasteiger partial charge < -0.3 is 10.0 Å². The summed E-state index contributed by atoms with van der Waals surface area (Å²) >= 11 is 1.74. The van der Waals surface area contributed by atoms with E-state index in [1.165, 1.54) is 4.88 Å². The predicted molar refractivity (Wildman–Crippen MR) is 69.1 cm³/mol. The lowest BCUT2D eigenvalue weighted by atomic mass is 9.91. The van der Waals surface area contributed by atoms with Gasteiger partial charge in [0.05, 0.1) is 18.7 Å². The molecule has 2 rings (SSSR count). The van der Waals surface area contributed by atoms with Gasteiger partial charge in [0, 0.05) is 11.3 Å². The van der Waals surface area contributed by atoms with E-state index < -0.39 is 5.60 Å². The SMILES string of the molecule is CCC1(O)CN(C(=O)CCCc2cccs2)C1. The van der Waals surface area contributed by atoms with Crippen molar-refractivity contribution in [3.8, 4) is 0 Å². The Bertz CT molecular complexity index is 369. The lowest BCUT2D eigenvalue weighted by Gasteiger charge is -2.46. The summed E-state index contributed by atoms with van der Waals surface area (Å²) in [5, 5.41) is 11.9. The van der Waals surface area contributed by atoms with Crippen molar-refractivity contribution >= 4 is 17.2 Å². The Morgan fingerprint density at radius 2 is 2.35 bits per heavy atom. The second-order valence-electron chi connectivity index (χ2n) is 4.76. The maximum absolute atomic E-state index is 11.8. The third-order valence-corrected chi connectivity index (χ3v) is 4.31. The van der Waals surface area contributed by atoms with Crippen molar-refractivity contribution in [3.63, 3.8) is 0 Å². The first-order valence-corrected chi connectivity index (χ1v) is 7.03. The van der Waals surface area contributed by atoms with Gasteiger partial charge in [0.1, 0.15) is 0 Å². The normalized spacial score (nSPS) is 17.9. The van der Waals surface area contributed by atoms with Crippen molar-refractivity contribution in [2.45, 2.75) is 38.2 Å². The van der Waals surface area contributed by atoms with E-state index in [-0.39, 0.29) is 5.91 Å². The Morgan fingerprint density at radius 3 is 2.94 bits per heavy atom. The van der Waals surface area contributed by atoms with Gasteiger partial charge in [0.25, 0.3) is 0 Å². The zero-order valence-electron chi connectivity index (χ0n) is 10.2. The summed E-state index contributed by atoms with van der Waals surface area (Å²) in [6, 6.07) is 4.15. The highest BCUT2D eigenvalue weighted by Crippen LogP contribution is 2.25. The first kappa shape index (κ1) is 12.6. The van der Waals surface area contributed by atoms with E-state index in [2.05, 4.69) is 11.4 Å². The number of β-amino-alcohol motifs (C(OH)–C–C–N with tert-alkyl or cyclic N) is 1. The van der Waals surface area contributed by atoms with Gasteiger partial charge in [-0.3, -0.25) is 4.79 Å². The van der Waals surface area contributed by atoms with Crippen LogP contribution in [0, 0.1) is 0 Å². The molecule has 0 aromatic carbocycles. The molecule has 1 saturated heterocycles. The average Bonchev–Trinajstić information content (AvgIpc) is 2.77. The van der Waals surface area contributed by atoms with Crippen LogP contribution in [0.5, 0.6) is 0 Å². The van der Waals surface area contributed by atoms with Gasteiger partial charge in [-0.15, -0.1) is 11.3 Å². The fourth-order valence-electron chi connectivity index (χ4n) is 2.09. The van der Waals surface area contributed by atoms with Gasteiger partial charge in [-0.05, 0) is 30.7 Å². The summed E-state index contributed by atoms with van der Waals surface area (Å²) in [5.41, 5.74) is -0.608. The Hall–Kier alpha value is -0.870. The zero-order chi connectivity index (χ0) is 12.3.